The third-order valence-electron chi connectivity index (χ3n) is 9.86. The van der Waals surface area contributed by atoms with Crippen molar-refractivity contribution in [3.05, 3.63) is 0 Å². The minimum Gasteiger partial charge on any atom is -0.462 e. The number of nitrogens with zero attached hydrogens (tertiary/aromatic N) is 1. The Labute approximate surface area is 190 Å². The monoisotopic (exact) mass is 427 g/mol. The molecule has 0 spiro atoms. The molecule has 0 N–H and O–H groups in total. The first-order chi connectivity index (χ1) is 15.1. The average molecular weight is 428 g/mol. The van der Waals surface area contributed by atoms with E-state index in [2.05, 4.69) is 19.9 Å². The lowest BCUT2D eigenvalue weighted by molar-refractivity contribution is -0.161. The zero-order valence-electron chi connectivity index (χ0n) is 20.1. The molecule has 3 heteroatoms. The standard InChI is InChI=1S/C28H45NO2/c1-3-5-6-16-28(19-29)17-15-21-20(18-28)11-12-24-22-9-7-10-26(31-27(30)8-4-2)25(22)14-13-23(21)24/h20-26H,3-18H2,1-2H3. The van der Waals surface area contributed by atoms with Gasteiger partial charge in [0.2, 0.25) is 0 Å². The van der Waals surface area contributed by atoms with E-state index in [1.165, 1.54) is 70.6 Å². The number of unbranched alkanes of at least 4 members (excludes halogenated alkanes) is 2. The highest BCUT2D eigenvalue weighted by atomic mass is 16.5. The van der Waals surface area contributed by atoms with Crippen LogP contribution < -0.4 is 0 Å². The van der Waals surface area contributed by atoms with Crippen LogP contribution in [0.15, 0.2) is 0 Å². The molecule has 3 nitrogen and oxygen atoms in total. The third-order valence-corrected chi connectivity index (χ3v) is 9.86. The summed E-state index contributed by atoms with van der Waals surface area (Å²) in [6.45, 7) is 4.32. The van der Waals surface area contributed by atoms with Crippen molar-refractivity contribution in [1.29, 1.82) is 5.26 Å². The molecule has 0 aromatic heterocycles. The molecule has 0 aromatic rings. The van der Waals surface area contributed by atoms with E-state index in [1.807, 2.05) is 0 Å². The lowest BCUT2D eigenvalue weighted by Gasteiger charge is -2.56. The van der Waals surface area contributed by atoms with Crippen LogP contribution in [0.5, 0.6) is 0 Å². The zero-order valence-corrected chi connectivity index (χ0v) is 20.1. The van der Waals surface area contributed by atoms with Crippen LogP contribution in [0.3, 0.4) is 0 Å². The van der Waals surface area contributed by atoms with Gasteiger partial charge >= 0.3 is 5.97 Å². The Morgan fingerprint density at radius 2 is 1.65 bits per heavy atom. The molecule has 0 aliphatic heterocycles. The van der Waals surface area contributed by atoms with E-state index < -0.39 is 0 Å². The van der Waals surface area contributed by atoms with E-state index in [0.717, 1.165) is 55.3 Å². The number of rotatable bonds is 7. The van der Waals surface area contributed by atoms with Gasteiger partial charge in [0.05, 0.1) is 11.5 Å². The van der Waals surface area contributed by atoms with Gasteiger partial charge in [0.1, 0.15) is 6.10 Å². The summed E-state index contributed by atoms with van der Waals surface area (Å²) in [6, 6.07) is 2.81. The van der Waals surface area contributed by atoms with Crippen molar-refractivity contribution in [3.63, 3.8) is 0 Å². The molecule has 0 aromatic carbocycles. The Morgan fingerprint density at radius 1 is 0.903 bits per heavy atom. The average Bonchev–Trinajstić information content (AvgIpc) is 2.79. The van der Waals surface area contributed by atoms with Gasteiger partial charge in [-0.3, -0.25) is 4.79 Å². The van der Waals surface area contributed by atoms with Crippen LogP contribution in [0.25, 0.3) is 0 Å². The second-order valence-electron chi connectivity index (χ2n) is 11.5. The largest absolute Gasteiger partial charge is 0.462 e. The van der Waals surface area contributed by atoms with Gasteiger partial charge < -0.3 is 4.74 Å². The third kappa shape index (κ3) is 4.84. The number of hydrogen-bond donors (Lipinski definition) is 0. The van der Waals surface area contributed by atoms with Crippen molar-refractivity contribution in [2.24, 2.45) is 40.9 Å². The first kappa shape index (κ1) is 23.1. The summed E-state index contributed by atoms with van der Waals surface area (Å²) in [6.07, 6.45) is 19.1. The summed E-state index contributed by atoms with van der Waals surface area (Å²) in [5, 5.41) is 10.1. The molecule has 4 aliphatic rings. The summed E-state index contributed by atoms with van der Waals surface area (Å²) in [7, 11) is 0. The van der Waals surface area contributed by atoms with E-state index in [-0.39, 0.29) is 17.5 Å². The van der Waals surface area contributed by atoms with Crippen molar-refractivity contribution >= 4 is 5.97 Å². The Morgan fingerprint density at radius 3 is 2.42 bits per heavy atom. The van der Waals surface area contributed by atoms with Gasteiger partial charge in [0, 0.05) is 6.42 Å². The zero-order chi connectivity index (χ0) is 21.8. The van der Waals surface area contributed by atoms with Crippen molar-refractivity contribution < 1.29 is 9.53 Å². The molecule has 8 atom stereocenters. The van der Waals surface area contributed by atoms with E-state index in [1.54, 1.807) is 0 Å². The van der Waals surface area contributed by atoms with E-state index in [0.29, 0.717) is 12.3 Å². The molecule has 174 valence electrons. The molecule has 8 unspecified atom stereocenters. The summed E-state index contributed by atoms with van der Waals surface area (Å²) < 4.78 is 6.00. The normalized spacial score (nSPS) is 41.9. The van der Waals surface area contributed by atoms with Gasteiger partial charge in [-0.1, -0.05) is 33.1 Å². The van der Waals surface area contributed by atoms with Crippen LogP contribution in [0, 0.1) is 52.3 Å². The molecule has 31 heavy (non-hydrogen) atoms. The van der Waals surface area contributed by atoms with Crippen molar-refractivity contribution in [2.45, 2.75) is 123 Å². The number of fused-ring (bicyclic) bond motifs is 5. The Bertz CT molecular complexity index is 654. The maximum absolute atomic E-state index is 12.2. The van der Waals surface area contributed by atoms with Crippen LogP contribution in [-0.4, -0.2) is 12.1 Å². The first-order valence-corrected chi connectivity index (χ1v) is 13.7. The quantitative estimate of drug-likeness (QED) is 0.313. The minimum atomic E-state index is -0.0240. The van der Waals surface area contributed by atoms with Crippen molar-refractivity contribution in [1.82, 2.24) is 0 Å². The molecular formula is C28H45NO2. The highest BCUT2D eigenvalue weighted by molar-refractivity contribution is 5.69. The molecule has 0 radical (unpaired) electrons. The first-order valence-electron chi connectivity index (χ1n) is 13.7. The van der Waals surface area contributed by atoms with Crippen molar-refractivity contribution in [2.75, 3.05) is 0 Å². The Hall–Kier alpha value is -1.04. The second kappa shape index (κ2) is 10.3. The maximum Gasteiger partial charge on any atom is 0.306 e. The minimum absolute atomic E-state index is 0.0240. The molecular weight excluding hydrogens is 382 g/mol. The van der Waals surface area contributed by atoms with Crippen LogP contribution in [0.4, 0.5) is 0 Å². The number of carbonyl (C=O) groups is 1. The lowest BCUT2D eigenvalue weighted by atomic mass is 9.49. The fourth-order valence-electron chi connectivity index (χ4n) is 8.46. The number of hydrogen-bond acceptors (Lipinski definition) is 3. The molecule has 4 rings (SSSR count). The molecule has 0 amide bonds. The van der Waals surface area contributed by atoms with Crippen LogP contribution in [0.1, 0.15) is 117 Å². The number of ether oxygens (including phenoxy) is 1. The SMILES string of the molecule is CCCCCC1(C#N)CCC2C(CCC3C2CCC2C(OC(=O)CCC)CCCC23)C1. The fraction of sp³-hybridized carbons (Fsp3) is 0.929. The predicted octanol–water partition coefficient (Wildman–Crippen LogP) is 7.44. The van der Waals surface area contributed by atoms with E-state index >= 15 is 0 Å². The van der Waals surface area contributed by atoms with Crippen molar-refractivity contribution in [3.8, 4) is 6.07 Å². The molecule has 4 saturated carbocycles. The van der Waals surface area contributed by atoms with Gasteiger partial charge in [-0.2, -0.15) is 5.26 Å². The molecule has 0 saturated heterocycles. The van der Waals surface area contributed by atoms with Gasteiger partial charge in [-0.25, -0.2) is 0 Å². The fourth-order valence-corrected chi connectivity index (χ4v) is 8.46. The topological polar surface area (TPSA) is 50.1 Å². The van der Waals surface area contributed by atoms with Crippen LogP contribution in [0.2, 0.25) is 0 Å². The lowest BCUT2D eigenvalue weighted by Crippen LogP contribution is -2.50. The Balaban J connectivity index is 1.40. The number of esters is 1. The highest BCUT2D eigenvalue weighted by Crippen LogP contribution is 2.60. The number of carbonyl (C=O) groups excluding carboxylic acids is 1. The summed E-state index contributed by atoms with van der Waals surface area (Å²) in [5.74, 6) is 4.79. The maximum atomic E-state index is 12.2. The molecule has 4 fully saturated rings. The summed E-state index contributed by atoms with van der Waals surface area (Å²) in [4.78, 5) is 12.2. The van der Waals surface area contributed by atoms with Crippen LogP contribution >= 0.6 is 0 Å². The van der Waals surface area contributed by atoms with E-state index in [9.17, 15) is 10.1 Å². The van der Waals surface area contributed by atoms with Crippen LogP contribution in [-0.2, 0) is 9.53 Å². The second-order valence-corrected chi connectivity index (χ2v) is 11.5. The van der Waals surface area contributed by atoms with Gasteiger partial charge in [-0.05, 0) is 113 Å². The molecule has 0 bridgehead atoms. The molecule has 4 aliphatic carbocycles. The molecule has 0 heterocycles. The smallest absolute Gasteiger partial charge is 0.306 e. The summed E-state index contributed by atoms with van der Waals surface area (Å²) >= 11 is 0. The van der Waals surface area contributed by atoms with Gasteiger partial charge in [-0.15, -0.1) is 0 Å². The highest BCUT2D eigenvalue weighted by Gasteiger charge is 2.53. The Kier molecular flexibility index (Phi) is 7.66. The van der Waals surface area contributed by atoms with E-state index in [4.69, 9.17) is 4.74 Å². The van der Waals surface area contributed by atoms with Gasteiger partial charge in [0.25, 0.3) is 0 Å². The number of nitriles is 1. The summed E-state index contributed by atoms with van der Waals surface area (Å²) in [5.41, 5.74) is -0.0240. The predicted molar refractivity (Wildman–Crippen MR) is 124 cm³/mol. The van der Waals surface area contributed by atoms with Gasteiger partial charge in [0.15, 0.2) is 0 Å².